The summed E-state index contributed by atoms with van der Waals surface area (Å²) < 4.78 is 0. The Labute approximate surface area is 225 Å². The Bertz CT molecular complexity index is 1900. The fourth-order valence-corrected chi connectivity index (χ4v) is 4.86. The molecule has 5 heteroatoms. The molecule has 0 amide bonds. The molecule has 0 aliphatic carbocycles. The molecule has 3 heterocycles. The normalized spacial score (nSPS) is 11.2. The molecule has 0 fully saturated rings. The van der Waals surface area contributed by atoms with Crippen LogP contribution in [0.4, 0.5) is 0 Å². The Balaban J connectivity index is 1.55. The van der Waals surface area contributed by atoms with Gasteiger partial charge in [0.05, 0.1) is 11.0 Å². The van der Waals surface area contributed by atoms with Crippen LogP contribution in [-0.4, -0.2) is 24.9 Å². The Kier molecular flexibility index (Phi) is 5.60. The van der Waals surface area contributed by atoms with E-state index in [9.17, 15) is 0 Å². The largest absolute Gasteiger partial charge is 0.251 e. The monoisotopic (exact) mass is 501 g/mol. The van der Waals surface area contributed by atoms with Crippen LogP contribution in [0.25, 0.3) is 67.2 Å². The molecule has 0 spiro atoms. The summed E-state index contributed by atoms with van der Waals surface area (Å²) in [5.41, 5.74) is 7.32. The van der Waals surface area contributed by atoms with E-state index < -0.39 is 0 Å². The third-order valence-electron chi connectivity index (χ3n) is 6.79. The van der Waals surface area contributed by atoms with Gasteiger partial charge in [0.1, 0.15) is 5.69 Å². The lowest BCUT2D eigenvalue weighted by Crippen LogP contribution is -2.02. The molecule has 0 unspecified atom stereocenters. The summed E-state index contributed by atoms with van der Waals surface area (Å²) in [5, 5.41) is 2.08. The molecule has 3 aromatic heterocycles. The van der Waals surface area contributed by atoms with E-state index in [-0.39, 0.29) is 0 Å². The maximum atomic E-state index is 5.16. The Morgan fingerprint density at radius 1 is 0.436 bits per heavy atom. The Morgan fingerprint density at radius 3 is 1.59 bits per heavy atom. The molecule has 4 aromatic carbocycles. The van der Waals surface area contributed by atoms with Crippen LogP contribution in [0.5, 0.6) is 0 Å². The van der Waals surface area contributed by atoms with Crippen LogP contribution in [0.1, 0.15) is 5.69 Å². The molecule has 39 heavy (non-hydrogen) atoms. The highest BCUT2D eigenvalue weighted by atomic mass is 15.0. The van der Waals surface area contributed by atoms with Gasteiger partial charge in [-0.2, -0.15) is 0 Å². The van der Waals surface area contributed by atoms with E-state index in [1.807, 2.05) is 79.7 Å². The van der Waals surface area contributed by atoms with Crippen LogP contribution in [-0.2, 0) is 0 Å². The SMILES string of the molecule is Cc1ccc2ccc3c(-c4ccccc4)cc(-c4nc(-c5ccccc5)nc(-c5ccccc5)n4)nc3c2n1. The van der Waals surface area contributed by atoms with Crippen molar-refractivity contribution in [1.29, 1.82) is 0 Å². The third kappa shape index (κ3) is 4.30. The molecule has 0 aliphatic rings. The van der Waals surface area contributed by atoms with Crippen LogP contribution in [0.2, 0.25) is 0 Å². The molecule has 7 rings (SSSR count). The van der Waals surface area contributed by atoms with E-state index in [0.29, 0.717) is 23.2 Å². The first-order valence-corrected chi connectivity index (χ1v) is 12.9. The lowest BCUT2D eigenvalue weighted by Gasteiger charge is -2.13. The number of aryl methyl sites for hydroxylation is 1. The van der Waals surface area contributed by atoms with Gasteiger partial charge in [-0.1, -0.05) is 109 Å². The molecule has 0 bridgehead atoms. The summed E-state index contributed by atoms with van der Waals surface area (Å²) in [4.78, 5) is 24.8. The fraction of sp³-hybridized carbons (Fsp3) is 0.0294. The van der Waals surface area contributed by atoms with Crippen molar-refractivity contribution >= 4 is 21.8 Å². The Morgan fingerprint density at radius 2 is 0.974 bits per heavy atom. The van der Waals surface area contributed by atoms with Gasteiger partial charge in [0.25, 0.3) is 0 Å². The standard InChI is InChI=1S/C34H23N5/c1-22-17-18-24-19-20-27-28(23-11-5-2-6-12-23)21-29(36-31(27)30(24)35-22)34-38-32(25-13-7-3-8-14-25)37-33(39-34)26-15-9-4-10-16-26/h2-21H,1H3. The molecule has 0 saturated heterocycles. The van der Waals surface area contributed by atoms with Gasteiger partial charge in [0.15, 0.2) is 17.5 Å². The quantitative estimate of drug-likeness (QED) is 0.229. The second-order valence-corrected chi connectivity index (χ2v) is 9.45. The van der Waals surface area contributed by atoms with Crippen molar-refractivity contribution in [3.63, 3.8) is 0 Å². The van der Waals surface area contributed by atoms with Gasteiger partial charge in [-0.3, -0.25) is 4.98 Å². The zero-order valence-electron chi connectivity index (χ0n) is 21.3. The van der Waals surface area contributed by atoms with Crippen molar-refractivity contribution in [3.8, 4) is 45.4 Å². The Hall–Kier alpha value is -5.29. The predicted octanol–water partition coefficient (Wildman–Crippen LogP) is 7.94. The van der Waals surface area contributed by atoms with E-state index in [2.05, 4.69) is 48.5 Å². The van der Waals surface area contributed by atoms with Crippen LogP contribution >= 0.6 is 0 Å². The van der Waals surface area contributed by atoms with Gasteiger partial charge in [-0.25, -0.2) is 19.9 Å². The van der Waals surface area contributed by atoms with E-state index in [0.717, 1.165) is 49.8 Å². The maximum Gasteiger partial charge on any atom is 0.182 e. The maximum absolute atomic E-state index is 5.16. The highest BCUT2D eigenvalue weighted by Crippen LogP contribution is 2.35. The van der Waals surface area contributed by atoms with Crippen LogP contribution in [0, 0.1) is 6.92 Å². The van der Waals surface area contributed by atoms with Gasteiger partial charge in [-0.15, -0.1) is 0 Å². The number of pyridine rings is 2. The molecule has 5 nitrogen and oxygen atoms in total. The minimum atomic E-state index is 0.520. The third-order valence-corrected chi connectivity index (χ3v) is 6.79. The zero-order valence-corrected chi connectivity index (χ0v) is 21.3. The first-order valence-electron chi connectivity index (χ1n) is 12.9. The van der Waals surface area contributed by atoms with Crippen molar-refractivity contribution in [2.75, 3.05) is 0 Å². The first-order chi connectivity index (χ1) is 19.2. The summed E-state index contributed by atoms with van der Waals surface area (Å²) in [5.74, 6) is 1.73. The molecule has 0 aliphatic heterocycles. The average Bonchev–Trinajstić information content (AvgIpc) is 3.01. The highest BCUT2D eigenvalue weighted by Gasteiger charge is 2.17. The number of aromatic nitrogens is 5. The topological polar surface area (TPSA) is 64.5 Å². The van der Waals surface area contributed by atoms with Crippen molar-refractivity contribution in [1.82, 2.24) is 24.9 Å². The second-order valence-electron chi connectivity index (χ2n) is 9.45. The van der Waals surface area contributed by atoms with Gasteiger partial charge in [0.2, 0.25) is 0 Å². The van der Waals surface area contributed by atoms with Gasteiger partial charge >= 0.3 is 0 Å². The van der Waals surface area contributed by atoms with E-state index in [1.54, 1.807) is 0 Å². The number of benzene rings is 4. The van der Waals surface area contributed by atoms with Gasteiger partial charge in [-0.05, 0) is 30.2 Å². The number of hydrogen-bond acceptors (Lipinski definition) is 5. The van der Waals surface area contributed by atoms with Gasteiger partial charge < -0.3 is 0 Å². The van der Waals surface area contributed by atoms with E-state index >= 15 is 0 Å². The first kappa shape index (κ1) is 22.9. The number of rotatable bonds is 4. The molecule has 0 atom stereocenters. The molecule has 0 N–H and O–H groups in total. The van der Waals surface area contributed by atoms with Crippen molar-refractivity contribution in [2.45, 2.75) is 6.92 Å². The van der Waals surface area contributed by atoms with E-state index in [4.69, 9.17) is 24.9 Å². The van der Waals surface area contributed by atoms with E-state index in [1.165, 1.54) is 0 Å². The number of hydrogen-bond donors (Lipinski definition) is 0. The highest BCUT2D eigenvalue weighted by molar-refractivity contribution is 6.09. The summed E-state index contributed by atoms with van der Waals surface area (Å²) in [6.45, 7) is 2.00. The average molecular weight is 502 g/mol. The molecular formula is C34H23N5. The van der Waals surface area contributed by atoms with Crippen LogP contribution < -0.4 is 0 Å². The van der Waals surface area contributed by atoms with Crippen molar-refractivity contribution in [3.05, 3.63) is 127 Å². The predicted molar refractivity (Wildman–Crippen MR) is 157 cm³/mol. The molecule has 0 radical (unpaired) electrons. The zero-order chi connectivity index (χ0) is 26.2. The lowest BCUT2D eigenvalue weighted by atomic mass is 9.98. The lowest BCUT2D eigenvalue weighted by molar-refractivity contribution is 1.06. The molecule has 0 saturated carbocycles. The minimum absolute atomic E-state index is 0.520. The molecular weight excluding hydrogens is 478 g/mol. The van der Waals surface area contributed by atoms with Crippen molar-refractivity contribution < 1.29 is 0 Å². The second kappa shape index (κ2) is 9.54. The number of nitrogens with zero attached hydrogens (tertiary/aromatic N) is 5. The van der Waals surface area contributed by atoms with Crippen LogP contribution in [0.15, 0.2) is 121 Å². The van der Waals surface area contributed by atoms with Crippen molar-refractivity contribution in [2.24, 2.45) is 0 Å². The molecule has 184 valence electrons. The summed E-state index contributed by atoms with van der Waals surface area (Å²) in [6.07, 6.45) is 0. The minimum Gasteiger partial charge on any atom is -0.251 e. The smallest absolute Gasteiger partial charge is 0.182 e. The summed E-state index contributed by atoms with van der Waals surface area (Å²) >= 11 is 0. The molecule has 7 aromatic rings. The summed E-state index contributed by atoms with van der Waals surface area (Å²) in [6, 6.07) is 40.8. The van der Waals surface area contributed by atoms with Gasteiger partial charge in [0, 0.05) is 27.6 Å². The van der Waals surface area contributed by atoms with Crippen LogP contribution in [0.3, 0.4) is 0 Å². The number of fused-ring (bicyclic) bond motifs is 3. The fourth-order valence-electron chi connectivity index (χ4n) is 4.86. The summed E-state index contributed by atoms with van der Waals surface area (Å²) in [7, 11) is 0.